The summed E-state index contributed by atoms with van der Waals surface area (Å²) in [6.45, 7) is 3.99. The maximum absolute atomic E-state index is 12.5. The van der Waals surface area contributed by atoms with E-state index < -0.39 is 0 Å². The van der Waals surface area contributed by atoms with Gasteiger partial charge < -0.3 is 5.32 Å². The molecule has 2 rings (SSSR count). The number of hydrogen-bond donors (Lipinski definition) is 1. The Morgan fingerprint density at radius 2 is 2.41 bits per heavy atom. The first kappa shape index (κ1) is 13.1. The molecule has 0 aliphatic carbocycles. The summed E-state index contributed by atoms with van der Waals surface area (Å²) in [5, 5.41) is 3.35. The molecule has 94 valence electrons. The minimum Gasteiger partial charge on any atom is -0.316 e. The Labute approximate surface area is 111 Å². The minimum atomic E-state index is -0.144. The number of hydrogen-bond acceptors (Lipinski definition) is 3. The van der Waals surface area contributed by atoms with Crippen LogP contribution in [-0.4, -0.2) is 18.9 Å². The van der Waals surface area contributed by atoms with Gasteiger partial charge in [0.15, 0.2) is 0 Å². The first-order valence-corrected chi connectivity index (χ1v) is 7.34. The number of carbonyl (C=O) groups excluding carboxylic acids is 1. The van der Waals surface area contributed by atoms with Gasteiger partial charge in [-0.15, -0.1) is 11.3 Å². The van der Waals surface area contributed by atoms with Crippen molar-refractivity contribution >= 4 is 28.7 Å². The van der Waals surface area contributed by atoms with Crippen molar-refractivity contribution < 1.29 is 4.79 Å². The van der Waals surface area contributed by atoms with E-state index in [1.165, 1.54) is 11.3 Å². The molecule has 1 fully saturated rings. The number of halogens is 1. The highest BCUT2D eigenvalue weighted by Crippen LogP contribution is 2.33. The van der Waals surface area contributed by atoms with Crippen LogP contribution >= 0.6 is 22.9 Å². The van der Waals surface area contributed by atoms with Crippen LogP contribution in [-0.2, 0) is 11.2 Å². The second kappa shape index (κ2) is 5.51. The summed E-state index contributed by atoms with van der Waals surface area (Å²) in [6.07, 6.45) is 3.59. The van der Waals surface area contributed by atoms with E-state index >= 15 is 0 Å². The largest absolute Gasteiger partial charge is 0.316 e. The van der Waals surface area contributed by atoms with Gasteiger partial charge in [-0.1, -0.05) is 18.5 Å². The summed E-state index contributed by atoms with van der Waals surface area (Å²) < 4.78 is 0.764. The van der Waals surface area contributed by atoms with E-state index in [0.717, 1.165) is 41.6 Å². The molecule has 1 aromatic heterocycles. The van der Waals surface area contributed by atoms with E-state index in [-0.39, 0.29) is 5.41 Å². The Hall–Kier alpha value is -0.380. The highest BCUT2D eigenvalue weighted by Gasteiger charge is 2.37. The van der Waals surface area contributed by atoms with Gasteiger partial charge in [-0.05, 0) is 37.9 Å². The number of rotatable bonds is 4. The molecule has 0 aromatic carbocycles. The van der Waals surface area contributed by atoms with Gasteiger partial charge in [-0.2, -0.15) is 0 Å². The van der Waals surface area contributed by atoms with Crippen molar-refractivity contribution in [3.63, 3.8) is 0 Å². The van der Waals surface area contributed by atoms with Crippen molar-refractivity contribution in [3.05, 3.63) is 21.3 Å². The van der Waals surface area contributed by atoms with E-state index in [1.807, 2.05) is 12.1 Å². The zero-order valence-corrected chi connectivity index (χ0v) is 11.7. The fourth-order valence-electron chi connectivity index (χ4n) is 2.50. The second-order valence-electron chi connectivity index (χ2n) is 4.72. The van der Waals surface area contributed by atoms with Crippen LogP contribution in [0.1, 0.15) is 31.1 Å². The fourth-order valence-corrected chi connectivity index (χ4v) is 3.58. The smallest absolute Gasteiger partial charge is 0.145 e. The lowest BCUT2D eigenvalue weighted by atomic mass is 9.74. The van der Waals surface area contributed by atoms with Crippen LogP contribution in [0.15, 0.2) is 12.1 Å². The summed E-state index contributed by atoms with van der Waals surface area (Å²) in [4.78, 5) is 13.5. The van der Waals surface area contributed by atoms with Crippen LogP contribution in [0, 0.1) is 5.41 Å². The van der Waals surface area contributed by atoms with Crippen molar-refractivity contribution in [1.29, 1.82) is 0 Å². The molecule has 1 aliphatic rings. The van der Waals surface area contributed by atoms with Crippen molar-refractivity contribution in [2.24, 2.45) is 5.41 Å². The summed E-state index contributed by atoms with van der Waals surface area (Å²) >= 11 is 7.41. The normalized spacial score (nSPS) is 24.8. The Bertz CT molecular complexity index is 396. The molecule has 0 bridgehead atoms. The Kier molecular flexibility index (Phi) is 4.23. The first-order chi connectivity index (χ1) is 8.16. The van der Waals surface area contributed by atoms with Gasteiger partial charge in [-0.3, -0.25) is 4.79 Å². The van der Waals surface area contributed by atoms with E-state index in [0.29, 0.717) is 12.2 Å². The van der Waals surface area contributed by atoms with Crippen LogP contribution in [0.4, 0.5) is 0 Å². The first-order valence-electron chi connectivity index (χ1n) is 6.14. The van der Waals surface area contributed by atoms with Gasteiger partial charge in [-0.25, -0.2) is 0 Å². The van der Waals surface area contributed by atoms with E-state index in [1.54, 1.807) is 0 Å². The third kappa shape index (κ3) is 2.90. The summed E-state index contributed by atoms with van der Waals surface area (Å²) in [5.74, 6) is 0.366. The van der Waals surface area contributed by atoms with Gasteiger partial charge in [0.25, 0.3) is 0 Å². The Morgan fingerprint density at radius 3 is 2.94 bits per heavy atom. The number of Topliss-reactive ketones (excluding diaryl/α,β-unsaturated/α-hetero) is 1. The predicted molar refractivity (Wildman–Crippen MR) is 72.9 cm³/mol. The lowest BCUT2D eigenvalue weighted by molar-refractivity contribution is -0.129. The van der Waals surface area contributed by atoms with Gasteiger partial charge in [0.1, 0.15) is 5.78 Å². The molecule has 2 heterocycles. The molecule has 1 atom stereocenters. The van der Waals surface area contributed by atoms with E-state index in [2.05, 4.69) is 12.2 Å². The van der Waals surface area contributed by atoms with Crippen molar-refractivity contribution in [1.82, 2.24) is 5.32 Å². The van der Waals surface area contributed by atoms with Gasteiger partial charge >= 0.3 is 0 Å². The quantitative estimate of drug-likeness (QED) is 0.910. The molecule has 1 aliphatic heterocycles. The standard InChI is InChI=1S/C13H18ClNOS/c1-2-13(6-3-7-15-9-13)11(16)8-10-4-5-12(14)17-10/h4-5,15H,2-3,6-9H2,1H3. The molecular weight excluding hydrogens is 254 g/mol. The van der Waals surface area contributed by atoms with Gasteiger partial charge in [0, 0.05) is 23.3 Å². The van der Waals surface area contributed by atoms with Gasteiger partial charge in [0.05, 0.1) is 4.34 Å². The number of thiophene rings is 1. The predicted octanol–water partition coefficient (Wildman–Crippen LogP) is 3.29. The maximum atomic E-state index is 12.5. The topological polar surface area (TPSA) is 29.1 Å². The number of nitrogens with one attached hydrogen (secondary N) is 1. The minimum absolute atomic E-state index is 0.144. The van der Waals surface area contributed by atoms with E-state index in [9.17, 15) is 4.79 Å². The zero-order chi connectivity index (χ0) is 12.3. The molecule has 0 spiro atoms. The number of ketones is 1. The molecule has 0 amide bonds. The highest BCUT2D eigenvalue weighted by atomic mass is 35.5. The average molecular weight is 272 g/mol. The van der Waals surface area contributed by atoms with E-state index in [4.69, 9.17) is 11.6 Å². The summed E-state index contributed by atoms with van der Waals surface area (Å²) in [7, 11) is 0. The van der Waals surface area contributed by atoms with Crippen molar-refractivity contribution in [2.45, 2.75) is 32.6 Å². The van der Waals surface area contributed by atoms with Crippen LogP contribution in [0.2, 0.25) is 4.34 Å². The van der Waals surface area contributed by atoms with Crippen molar-refractivity contribution in [2.75, 3.05) is 13.1 Å². The van der Waals surface area contributed by atoms with Gasteiger partial charge in [0.2, 0.25) is 0 Å². The monoisotopic (exact) mass is 271 g/mol. The molecule has 0 saturated carbocycles. The molecule has 0 radical (unpaired) electrons. The number of piperidine rings is 1. The summed E-state index contributed by atoms with van der Waals surface area (Å²) in [5.41, 5.74) is -0.144. The van der Waals surface area contributed by atoms with Crippen LogP contribution in [0.3, 0.4) is 0 Å². The molecule has 1 unspecified atom stereocenters. The molecular formula is C13H18ClNOS. The average Bonchev–Trinajstić information content (AvgIpc) is 2.75. The maximum Gasteiger partial charge on any atom is 0.145 e. The summed E-state index contributed by atoms with van der Waals surface area (Å²) in [6, 6.07) is 3.83. The lowest BCUT2D eigenvalue weighted by Crippen LogP contribution is -2.45. The Balaban J connectivity index is 2.07. The molecule has 1 saturated heterocycles. The molecule has 2 nitrogen and oxygen atoms in total. The van der Waals surface area contributed by atoms with Crippen LogP contribution in [0.25, 0.3) is 0 Å². The third-order valence-electron chi connectivity index (χ3n) is 3.70. The SMILES string of the molecule is CCC1(C(=O)Cc2ccc(Cl)s2)CCCNC1. The molecule has 4 heteroatoms. The molecule has 1 aromatic rings. The molecule has 1 N–H and O–H groups in total. The third-order valence-corrected chi connectivity index (χ3v) is 4.94. The Morgan fingerprint density at radius 1 is 1.59 bits per heavy atom. The van der Waals surface area contributed by atoms with Crippen molar-refractivity contribution in [3.8, 4) is 0 Å². The zero-order valence-electron chi connectivity index (χ0n) is 10.1. The van der Waals surface area contributed by atoms with Crippen LogP contribution in [0.5, 0.6) is 0 Å². The fraction of sp³-hybridized carbons (Fsp3) is 0.615. The highest BCUT2D eigenvalue weighted by molar-refractivity contribution is 7.16. The number of carbonyl (C=O) groups is 1. The molecule has 17 heavy (non-hydrogen) atoms. The second-order valence-corrected chi connectivity index (χ2v) is 6.52. The van der Waals surface area contributed by atoms with Crippen LogP contribution < -0.4 is 5.32 Å². The lowest BCUT2D eigenvalue weighted by Gasteiger charge is -2.35.